The summed E-state index contributed by atoms with van der Waals surface area (Å²) in [6, 6.07) is 11.0. The van der Waals surface area contributed by atoms with Gasteiger partial charge in [-0.05, 0) is 35.4 Å². The Labute approximate surface area is 130 Å². The zero-order valence-electron chi connectivity index (χ0n) is 11.4. The highest BCUT2D eigenvalue weighted by Gasteiger charge is 2.32. The standard InChI is InChI=1S/C15H13ClF3NO2/c16-12-4-1-10(2-5-12)11-3-6-13(21-8-7-20)14(9-11)22-15(17,18)19/h1-6,9H,7-8,20H2. The van der Waals surface area contributed by atoms with E-state index in [0.717, 1.165) is 0 Å². The van der Waals surface area contributed by atoms with Crippen molar-refractivity contribution in [2.75, 3.05) is 13.2 Å². The molecule has 0 bridgehead atoms. The van der Waals surface area contributed by atoms with Gasteiger partial charge in [0.05, 0.1) is 0 Å². The molecule has 0 spiro atoms. The first-order valence-corrected chi connectivity index (χ1v) is 6.75. The van der Waals surface area contributed by atoms with E-state index >= 15 is 0 Å². The van der Waals surface area contributed by atoms with E-state index in [2.05, 4.69) is 4.74 Å². The van der Waals surface area contributed by atoms with Gasteiger partial charge in [-0.3, -0.25) is 0 Å². The fourth-order valence-electron chi connectivity index (χ4n) is 1.82. The van der Waals surface area contributed by atoms with Gasteiger partial charge in [0.2, 0.25) is 0 Å². The van der Waals surface area contributed by atoms with Crippen molar-refractivity contribution < 1.29 is 22.6 Å². The molecule has 0 aromatic heterocycles. The largest absolute Gasteiger partial charge is 0.573 e. The lowest BCUT2D eigenvalue weighted by Gasteiger charge is -2.15. The SMILES string of the molecule is NCCOc1ccc(-c2ccc(Cl)cc2)cc1OC(F)(F)F. The first kappa shape index (κ1) is 16.5. The molecular weight excluding hydrogens is 319 g/mol. The number of nitrogens with two attached hydrogens (primary N) is 1. The molecule has 0 fully saturated rings. The van der Waals surface area contributed by atoms with Crippen LogP contribution in [0.4, 0.5) is 13.2 Å². The maximum atomic E-state index is 12.5. The summed E-state index contributed by atoms with van der Waals surface area (Å²) in [5.41, 5.74) is 6.55. The lowest BCUT2D eigenvalue weighted by Crippen LogP contribution is -2.18. The second kappa shape index (κ2) is 6.89. The zero-order valence-corrected chi connectivity index (χ0v) is 12.1. The summed E-state index contributed by atoms with van der Waals surface area (Å²) < 4.78 is 46.7. The monoisotopic (exact) mass is 331 g/mol. The Bertz CT molecular complexity index is 630. The van der Waals surface area contributed by atoms with Crippen LogP contribution in [0.3, 0.4) is 0 Å². The Morgan fingerprint density at radius 3 is 2.18 bits per heavy atom. The fraction of sp³-hybridized carbons (Fsp3) is 0.200. The van der Waals surface area contributed by atoms with Crippen molar-refractivity contribution in [3.05, 3.63) is 47.5 Å². The second-order valence-electron chi connectivity index (χ2n) is 4.35. The van der Waals surface area contributed by atoms with Crippen LogP contribution in [0.5, 0.6) is 11.5 Å². The molecule has 2 aromatic carbocycles. The van der Waals surface area contributed by atoms with E-state index in [0.29, 0.717) is 16.1 Å². The average Bonchev–Trinajstić information content (AvgIpc) is 2.45. The summed E-state index contributed by atoms with van der Waals surface area (Å²) in [5, 5.41) is 0.540. The average molecular weight is 332 g/mol. The molecule has 0 amide bonds. The molecule has 0 heterocycles. The molecule has 0 atom stereocenters. The Morgan fingerprint density at radius 2 is 1.59 bits per heavy atom. The van der Waals surface area contributed by atoms with Crippen molar-refractivity contribution in [3.8, 4) is 22.6 Å². The van der Waals surface area contributed by atoms with Crippen molar-refractivity contribution in [1.82, 2.24) is 0 Å². The van der Waals surface area contributed by atoms with Gasteiger partial charge in [-0.25, -0.2) is 0 Å². The van der Waals surface area contributed by atoms with Crippen LogP contribution in [0.15, 0.2) is 42.5 Å². The Kier molecular flexibility index (Phi) is 5.15. The molecule has 2 rings (SSSR count). The van der Waals surface area contributed by atoms with Crippen LogP contribution in [-0.2, 0) is 0 Å². The number of alkyl halides is 3. The predicted octanol–water partition coefficient (Wildman–Crippen LogP) is 4.24. The van der Waals surface area contributed by atoms with E-state index in [1.165, 1.54) is 12.1 Å². The third kappa shape index (κ3) is 4.54. The van der Waals surface area contributed by atoms with Gasteiger partial charge in [0, 0.05) is 11.6 Å². The molecule has 2 aromatic rings. The molecule has 0 unspecified atom stereocenters. The molecule has 0 aliphatic heterocycles. The highest BCUT2D eigenvalue weighted by molar-refractivity contribution is 6.30. The van der Waals surface area contributed by atoms with Crippen LogP contribution in [0.2, 0.25) is 5.02 Å². The van der Waals surface area contributed by atoms with E-state index in [4.69, 9.17) is 22.1 Å². The maximum absolute atomic E-state index is 12.5. The van der Waals surface area contributed by atoms with Gasteiger partial charge in [0.25, 0.3) is 0 Å². The summed E-state index contributed by atoms with van der Waals surface area (Å²) in [5.74, 6) is -0.422. The van der Waals surface area contributed by atoms with E-state index in [9.17, 15) is 13.2 Å². The molecule has 118 valence electrons. The molecule has 7 heteroatoms. The van der Waals surface area contributed by atoms with Gasteiger partial charge < -0.3 is 15.2 Å². The molecule has 22 heavy (non-hydrogen) atoms. The molecule has 0 radical (unpaired) electrons. The Balaban J connectivity index is 2.37. The Morgan fingerprint density at radius 1 is 0.955 bits per heavy atom. The van der Waals surface area contributed by atoms with E-state index in [1.54, 1.807) is 30.3 Å². The normalized spacial score (nSPS) is 11.3. The van der Waals surface area contributed by atoms with E-state index in [1.807, 2.05) is 0 Å². The molecule has 3 nitrogen and oxygen atoms in total. The van der Waals surface area contributed by atoms with Crippen molar-refractivity contribution in [2.45, 2.75) is 6.36 Å². The van der Waals surface area contributed by atoms with Gasteiger partial charge >= 0.3 is 6.36 Å². The minimum absolute atomic E-state index is 0.0134. The maximum Gasteiger partial charge on any atom is 0.573 e. The van der Waals surface area contributed by atoms with Gasteiger partial charge in [-0.1, -0.05) is 29.8 Å². The van der Waals surface area contributed by atoms with Crippen molar-refractivity contribution in [3.63, 3.8) is 0 Å². The van der Waals surface area contributed by atoms with Crippen molar-refractivity contribution >= 4 is 11.6 Å². The molecule has 0 aliphatic rings. The summed E-state index contributed by atoms with van der Waals surface area (Å²) in [7, 11) is 0. The minimum Gasteiger partial charge on any atom is -0.488 e. The topological polar surface area (TPSA) is 44.5 Å². The lowest BCUT2D eigenvalue weighted by atomic mass is 10.1. The molecule has 2 N–H and O–H groups in total. The number of ether oxygens (including phenoxy) is 2. The predicted molar refractivity (Wildman–Crippen MR) is 78.1 cm³/mol. The zero-order chi connectivity index (χ0) is 16.2. The number of benzene rings is 2. The van der Waals surface area contributed by atoms with Crippen LogP contribution in [-0.4, -0.2) is 19.5 Å². The fourth-order valence-corrected chi connectivity index (χ4v) is 1.95. The minimum atomic E-state index is -4.81. The summed E-state index contributed by atoms with van der Waals surface area (Å²) in [6.45, 7) is 0.277. The molecule has 0 saturated heterocycles. The van der Waals surface area contributed by atoms with Crippen LogP contribution in [0, 0.1) is 0 Å². The smallest absolute Gasteiger partial charge is 0.488 e. The highest BCUT2D eigenvalue weighted by Crippen LogP contribution is 2.36. The third-order valence-corrected chi connectivity index (χ3v) is 2.97. The number of rotatable bonds is 5. The summed E-state index contributed by atoms with van der Waals surface area (Å²) >= 11 is 5.79. The number of hydrogen-bond donors (Lipinski definition) is 1. The van der Waals surface area contributed by atoms with Crippen LogP contribution in [0.25, 0.3) is 11.1 Å². The van der Waals surface area contributed by atoms with Crippen LogP contribution < -0.4 is 15.2 Å². The number of hydrogen-bond acceptors (Lipinski definition) is 3. The first-order valence-electron chi connectivity index (χ1n) is 6.37. The lowest BCUT2D eigenvalue weighted by molar-refractivity contribution is -0.275. The Hall–Kier alpha value is -1.92. The van der Waals surface area contributed by atoms with E-state index < -0.39 is 12.1 Å². The van der Waals surface area contributed by atoms with Gasteiger partial charge in [-0.15, -0.1) is 13.2 Å². The molecule has 0 aliphatic carbocycles. The van der Waals surface area contributed by atoms with Crippen LogP contribution >= 0.6 is 11.6 Å². The quantitative estimate of drug-likeness (QED) is 0.891. The van der Waals surface area contributed by atoms with Crippen LogP contribution in [0.1, 0.15) is 0 Å². The van der Waals surface area contributed by atoms with E-state index in [-0.39, 0.29) is 18.9 Å². The number of halogens is 4. The van der Waals surface area contributed by atoms with Gasteiger partial charge in [-0.2, -0.15) is 0 Å². The van der Waals surface area contributed by atoms with Crippen molar-refractivity contribution in [2.24, 2.45) is 5.73 Å². The molecule has 0 saturated carbocycles. The summed E-state index contributed by atoms with van der Waals surface area (Å²) in [4.78, 5) is 0. The summed E-state index contributed by atoms with van der Waals surface area (Å²) in [6.07, 6.45) is -4.81. The first-order chi connectivity index (χ1) is 10.4. The molecular formula is C15H13ClF3NO2. The third-order valence-electron chi connectivity index (χ3n) is 2.72. The van der Waals surface area contributed by atoms with Gasteiger partial charge in [0.1, 0.15) is 6.61 Å². The second-order valence-corrected chi connectivity index (χ2v) is 4.79. The highest BCUT2D eigenvalue weighted by atomic mass is 35.5. The van der Waals surface area contributed by atoms with Crippen molar-refractivity contribution in [1.29, 1.82) is 0 Å². The van der Waals surface area contributed by atoms with Gasteiger partial charge in [0.15, 0.2) is 11.5 Å².